The van der Waals surface area contributed by atoms with Crippen molar-refractivity contribution in [1.82, 2.24) is 0 Å². The number of nitrogens with one attached hydrogen (secondary N) is 1. The average molecular weight is 879 g/mol. The molecule has 2 fully saturated rings. The number of anilines is 1. The SMILES string of the molecule is CNc1ccccc1-c1[c-]cccc1.COc1cccc(OC)c1-c1ccccc1P(C1CCCCC1)C1CCCCC1.CS(=O)(=O)[O-].ClCCl.[Pd+2]. The molecule has 0 unspecified atom stereocenters. The minimum atomic E-state index is -3.92. The first-order valence-corrected chi connectivity index (χ1v) is 21.9. The number of alkyl halides is 2. The van der Waals surface area contributed by atoms with Gasteiger partial charge in [0.1, 0.15) is 11.5 Å². The van der Waals surface area contributed by atoms with Crippen molar-refractivity contribution >= 4 is 52.2 Å². The number of rotatable bonds is 8. The predicted octanol–water partition coefficient (Wildman–Crippen LogP) is 10.9. The second-order valence-electron chi connectivity index (χ2n) is 12.4. The zero-order valence-corrected chi connectivity index (χ0v) is 35.3. The summed E-state index contributed by atoms with van der Waals surface area (Å²) < 4.78 is 38.8. The Balaban J connectivity index is 0.000000338. The first-order chi connectivity index (χ1) is 24.7. The van der Waals surface area contributed by atoms with Gasteiger partial charge in [-0.1, -0.05) is 101 Å². The van der Waals surface area contributed by atoms with E-state index in [1.807, 2.05) is 43.4 Å². The van der Waals surface area contributed by atoms with Gasteiger partial charge in [0.25, 0.3) is 0 Å². The first-order valence-electron chi connectivity index (χ1n) is 17.5. The number of hydrogen-bond acceptors (Lipinski definition) is 6. The standard InChI is InChI=1S/C26H35O2P.C13H12N.CH2Cl2.CH4O3S.Pd/c1-27-23-17-11-18-24(28-2)26(23)22-16-9-10-19-25(22)29(20-12-5-3-6-13-20)21-14-7-4-8-15-21;1-14-13-10-6-5-9-12(13)11-7-3-2-4-8-11;2-1-3;1-5(2,3)4;/h9-11,16-21H,3-8,12-15H2,1-2H3;2-7,9-10,14H,1H3;1H2;1H3,(H,2,3,4);/q;-1;;;+2/p-1. The van der Waals surface area contributed by atoms with Gasteiger partial charge in [0.2, 0.25) is 0 Å². The normalized spacial score (nSPS) is 14.5. The van der Waals surface area contributed by atoms with Gasteiger partial charge in [-0.25, -0.2) is 8.42 Å². The second-order valence-corrected chi connectivity index (χ2v) is 17.4. The van der Waals surface area contributed by atoms with Crippen molar-refractivity contribution in [3.8, 4) is 33.8 Å². The maximum atomic E-state index is 9.08. The molecule has 0 aliphatic heterocycles. The molecule has 0 radical (unpaired) electrons. The summed E-state index contributed by atoms with van der Waals surface area (Å²) in [5, 5.41) is 4.96. The van der Waals surface area contributed by atoms with Gasteiger partial charge in [0, 0.05) is 13.3 Å². The molecule has 0 bridgehead atoms. The molecule has 0 amide bonds. The maximum Gasteiger partial charge on any atom is 2.00 e. The van der Waals surface area contributed by atoms with Crippen LogP contribution in [0.5, 0.6) is 11.5 Å². The van der Waals surface area contributed by atoms with Gasteiger partial charge < -0.3 is 19.3 Å². The van der Waals surface area contributed by atoms with E-state index >= 15 is 0 Å². The zero-order chi connectivity index (χ0) is 37.1. The Morgan fingerprint density at radius 1 is 0.750 bits per heavy atom. The molecule has 2 aliphatic carbocycles. The molecule has 2 aliphatic rings. The van der Waals surface area contributed by atoms with E-state index in [2.05, 4.69) is 66.0 Å². The molecule has 1 N–H and O–H groups in total. The largest absolute Gasteiger partial charge is 2.00 e. The topological polar surface area (TPSA) is 87.7 Å². The molecule has 0 saturated heterocycles. The van der Waals surface area contributed by atoms with Gasteiger partial charge >= 0.3 is 20.4 Å². The number of ether oxygens (including phenoxy) is 2. The van der Waals surface area contributed by atoms with Crippen LogP contribution < -0.4 is 20.1 Å². The molecule has 6 nitrogen and oxygen atoms in total. The van der Waals surface area contributed by atoms with Crippen molar-refractivity contribution in [2.75, 3.05) is 38.2 Å². The third kappa shape index (κ3) is 14.9. The Bertz CT molecular complexity index is 1640. The Morgan fingerprint density at radius 3 is 1.67 bits per heavy atom. The minimum absolute atomic E-state index is 0. The van der Waals surface area contributed by atoms with Crippen LogP contribution in [0.1, 0.15) is 64.2 Å². The Kier molecular flexibility index (Phi) is 22.2. The van der Waals surface area contributed by atoms with Gasteiger partial charge in [0.05, 0.1) is 35.2 Å². The van der Waals surface area contributed by atoms with Gasteiger partial charge in [-0.15, -0.1) is 59.1 Å². The van der Waals surface area contributed by atoms with Crippen molar-refractivity contribution in [3.05, 3.63) is 97.1 Å². The van der Waals surface area contributed by atoms with Crippen LogP contribution in [0.2, 0.25) is 0 Å². The third-order valence-electron chi connectivity index (χ3n) is 9.01. The molecule has 4 aromatic carbocycles. The summed E-state index contributed by atoms with van der Waals surface area (Å²) in [5.41, 5.74) is 7.67. The van der Waals surface area contributed by atoms with Gasteiger partial charge in [0.15, 0.2) is 0 Å². The Hall–Kier alpha value is -2.14. The van der Waals surface area contributed by atoms with Crippen LogP contribution in [0.15, 0.2) is 91.0 Å². The van der Waals surface area contributed by atoms with Gasteiger partial charge in [-0.3, -0.25) is 0 Å². The second kappa shape index (κ2) is 25.0. The van der Waals surface area contributed by atoms with Crippen molar-refractivity contribution < 1.29 is 42.9 Å². The molecule has 0 spiro atoms. The summed E-state index contributed by atoms with van der Waals surface area (Å²) in [4.78, 5) is 0. The van der Waals surface area contributed by atoms with Crippen LogP contribution in [0.25, 0.3) is 22.3 Å². The quantitative estimate of drug-likeness (QED) is 0.0624. The van der Waals surface area contributed by atoms with E-state index in [4.69, 9.17) is 45.6 Å². The van der Waals surface area contributed by atoms with Crippen LogP contribution in [-0.2, 0) is 30.5 Å². The first kappa shape index (κ1) is 46.0. The predicted molar refractivity (Wildman–Crippen MR) is 218 cm³/mol. The third-order valence-corrected chi connectivity index (χ3v) is 12.6. The fraction of sp³-hybridized carbons (Fsp3) is 0.415. The van der Waals surface area contributed by atoms with Gasteiger partial charge in [-0.05, 0) is 71.8 Å². The van der Waals surface area contributed by atoms with E-state index < -0.39 is 10.1 Å². The van der Waals surface area contributed by atoms with Crippen molar-refractivity contribution in [2.24, 2.45) is 0 Å². The average Bonchev–Trinajstić information content (AvgIpc) is 3.16. The van der Waals surface area contributed by atoms with Crippen LogP contribution in [0.4, 0.5) is 5.69 Å². The summed E-state index contributed by atoms with van der Waals surface area (Å²) in [6.07, 6.45) is 14.8. The minimum Gasteiger partial charge on any atom is -0.748 e. The number of para-hydroxylation sites is 1. The summed E-state index contributed by atoms with van der Waals surface area (Å²) in [6.45, 7) is 0. The number of hydrogen-bond donors (Lipinski definition) is 1. The fourth-order valence-electron chi connectivity index (χ4n) is 6.93. The molecule has 4 aromatic rings. The summed E-state index contributed by atoms with van der Waals surface area (Å²) >= 11 is 9.53. The smallest absolute Gasteiger partial charge is 0.748 e. The summed E-state index contributed by atoms with van der Waals surface area (Å²) in [6, 6.07) is 34.8. The van der Waals surface area contributed by atoms with E-state index in [9.17, 15) is 0 Å². The summed E-state index contributed by atoms with van der Waals surface area (Å²) in [5.74, 6) is 1.83. The maximum absolute atomic E-state index is 9.08. The number of benzene rings is 4. The van der Waals surface area contributed by atoms with E-state index in [1.165, 1.54) is 75.3 Å². The van der Waals surface area contributed by atoms with Crippen LogP contribution in [-0.4, -0.2) is 57.2 Å². The van der Waals surface area contributed by atoms with Crippen LogP contribution >= 0.6 is 31.1 Å². The fourth-order valence-corrected chi connectivity index (χ4v) is 10.9. The van der Waals surface area contributed by atoms with E-state index in [-0.39, 0.29) is 33.7 Å². The monoisotopic (exact) mass is 877 g/mol. The molecular weight excluding hydrogens is 827 g/mol. The van der Waals surface area contributed by atoms with E-state index in [0.717, 1.165) is 39.6 Å². The number of halogens is 2. The molecule has 286 valence electrons. The Morgan fingerprint density at radius 2 is 1.21 bits per heavy atom. The van der Waals surface area contributed by atoms with Crippen molar-refractivity contribution in [1.29, 1.82) is 0 Å². The van der Waals surface area contributed by atoms with E-state index in [0.29, 0.717) is 6.26 Å². The summed E-state index contributed by atoms with van der Waals surface area (Å²) in [7, 11) is 1.37. The van der Waals surface area contributed by atoms with Gasteiger partial charge in [-0.2, -0.15) is 0 Å². The molecule has 0 atom stereocenters. The molecule has 6 rings (SSSR count). The van der Waals surface area contributed by atoms with Crippen LogP contribution in [0, 0.1) is 6.07 Å². The number of methoxy groups -OCH3 is 2. The van der Waals surface area contributed by atoms with E-state index in [1.54, 1.807) is 19.5 Å². The van der Waals surface area contributed by atoms with Crippen molar-refractivity contribution in [3.63, 3.8) is 0 Å². The molecule has 0 heterocycles. The zero-order valence-electron chi connectivity index (χ0n) is 30.6. The molecule has 11 heteroatoms. The van der Waals surface area contributed by atoms with Crippen molar-refractivity contribution in [2.45, 2.75) is 75.5 Å². The van der Waals surface area contributed by atoms with Crippen LogP contribution in [0.3, 0.4) is 0 Å². The molecule has 52 heavy (non-hydrogen) atoms. The molecular formula is C41H52Cl2NO5PPdS. The Labute approximate surface area is 337 Å². The molecule has 2 saturated carbocycles. The molecule has 0 aromatic heterocycles.